The summed E-state index contributed by atoms with van der Waals surface area (Å²) in [7, 11) is -1.60. The molecule has 2 aliphatic carbocycles. The minimum absolute atomic E-state index is 0. The third-order valence-electron chi connectivity index (χ3n) is 5.78. The van der Waals surface area contributed by atoms with Crippen molar-refractivity contribution in [2.75, 3.05) is 0 Å². The molecule has 0 N–H and O–H groups in total. The predicted octanol–water partition coefficient (Wildman–Crippen LogP) is 0.180. The van der Waals surface area contributed by atoms with Crippen LogP contribution in [0, 0.1) is 0 Å². The summed E-state index contributed by atoms with van der Waals surface area (Å²) in [6, 6.07) is 18.0. The molecule has 0 radical (unpaired) electrons. The van der Waals surface area contributed by atoms with Gasteiger partial charge in [0.15, 0.2) is 0 Å². The zero-order chi connectivity index (χ0) is 16.2. The number of rotatable bonds is 2. The normalized spacial score (nSPS) is 19.8. The summed E-state index contributed by atoms with van der Waals surface area (Å²) in [5.41, 5.74) is 10.3. The number of halogens is 2. The smallest absolute Gasteiger partial charge is 0.0722 e. The summed E-state index contributed by atoms with van der Waals surface area (Å²) in [4.78, 5) is 0. The minimum Gasteiger partial charge on any atom is -1.00 e. The molecule has 2 unspecified atom stereocenters. The van der Waals surface area contributed by atoms with E-state index in [-0.39, 0.29) is 50.7 Å². The largest absolute Gasteiger partial charge is 1.00 e. The fraction of sp³-hybridized carbons (Fsp3) is 0.273. The van der Waals surface area contributed by atoms with Crippen LogP contribution >= 0.6 is 0 Å². The van der Waals surface area contributed by atoms with Crippen LogP contribution in [0.4, 0.5) is 0 Å². The molecule has 2 aromatic carbocycles. The number of benzene rings is 2. The van der Waals surface area contributed by atoms with Crippen LogP contribution in [-0.2, 0) is 25.8 Å². The predicted molar refractivity (Wildman–Crippen MR) is 103 cm³/mol. The van der Waals surface area contributed by atoms with E-state index in [0.717, 1.165) is 0 Å². The van der Waals surface area contributed by atoms with Crippen LogP contribution in [0.2, 0.25) is 13.1 Å². The molecule has 0 saturated carbocycles. The van der Waals surface area contributed by atoms with E-state index < -0.39 is 8.07 Å². The molecular formula is C22H24Cl2HfSi-2. The molecule has 0 spiro atoms. The van der Waals surface area contributed by atoms with Crippen LogP contribution in [0.25, 0.3) is 12.2 Å². The van der Waals surface area contributed by atoms with Crippen molar-refractivity contribution in [3.05, 3.63) is 81.9 Å². The zero-order valence-corrected chi connectivity index (χ0v) is 21.8. The Bertz CT molecular complexity index is 785. The van der Waals surface area contributed by atoms with Crippen LogP contribution in [0.3, 0.4) is 0 Å². The summed E-state index contributed by atoms with van der Waals surface area (Å²) in [5.74, 6) is 0. The van der Waals surface area contributed by atoms with Crippen molar-refractivity contribution in [2.24, 2.45) is 0 Å². The SMILES string of the molecule is CC1=Cc2ccccc2C1[Si](C)(C)C1C(C)=Cc2ccccc21.[Cl-].[Cl-].[Hf]. The Balaban J connectivity index is 0.00000113. The van der Waals surface area contributed by atoms with Gasteiger partial charge in [0.05, 0.1) is 8.07 Å². The molecule has 0 amide bonds. The monoisotopic (exact) mass is 566 g/mol. The van der Waals surface area contributed by atoms with Crippen LogP contribution in [0.1, 0.15) is 47.2 Å². The number of hydrogen-bond donors (Lipinski definition) is 0. The molecular weight excluding hydrogens is 542 g/mol. The van der Waals surface area contributed by atoms with Crippen molar-refractivity contribution in [1.29, 1.82) is 0 Å². The molecule has 2 atom stereocenters. The van der Waals surface area contributed by atoms with Gasteiger partial charge in [-0.3, -0.25) is 0 Å². The summed E-state index contributed by atoms with van der Waals surface area (Å²) in [6.07, 6.45) is 4.82. The Morgan fingerprint density at radius 1 is 0.654 bits per heavy atom. The Labute approximate surface area is 189 Å². The van der Waals surface area contributed by atoms with Crippen molar-refractivity contribution < 1.29 is 50.7 Å². The van der Waals surface area contributed by atoms with Crippen LogP contribution in [0.5, 0.6) is 0 Å². The first-order valence-electron chi connectivity index (χ1n) is 8.54. The van der Waals surface area contributed by atoms with E-state index in [1.54, 1.807) is 22.3 Å². The van der Waals surface area contributed by atoms with Gasteiger partial charge in [0.2, 0.25) is 0 Å². The fourth-order valence-corrected chi connectivity index (χ4v) is 10.1. The average Bonchev–Trinajstić information content (AvgIpc) is 3.02. The summed E-state index contributed by atoms with van der Waals surface area (Å²) in [6.45, 7) is 9.83. The first kappa shape index (κ1) is 23.6. The van der Waals surface area contributed by atoms with Gasteiger partial charge in [-0.05, 0) is 36.1 Å². The maximum Gasteiger partial charge on any atom is 0.0722 e. The van der Waals surface area contributed by atoms with Gasteiger partial charge in [-0.15, -0.1) is 0 Å². The van der Waals surface area contributed by atoms with E-state index in [2.05, 4.69) is 87.6 Å². The van der Waals surface area contributed by atoms with Gasteiger partial charge in [-0.1, -0.05) is 84.9 Å². The van der Waals surface area contributed by atoms with E-state index >= 15 is 0 Å². The maximum atomic E-state index is 2.58. The maximum absolute atomic E-state index is 2.58. The topological polar surface area (TPSA) is 0 Å². The second-order valence-corrected chi connectivity index (χ2v) is 12.5. The van der Waals surface area contributed by atoms with Crippen LogP contribution in [0.15, 0.2) is 59.7 Å². The molecule has 0 heterocycles. The van der Waals surface area contributed by atoms with Gasteiger partial charge >= 0.3 is 0 Å². The van der Waals surface area contributed by atoms with Gasteiger partial charge in [0.1, 0.15) is 0 Å². The molecule has 0 saturated heterocycles. The van der Waals surface area contributed by atoms with E-state index in [4.69, 9.17) is 0 Å². The van der Waals surface area contributed by atoms with Crippen LogP contribution < -0.4 is 24.8 Å². The average molecular weight is 566 g/mol. The van der Waals surface area contributed by atoms with E-state index in [1.807, 2.05) is 0 Å². The first-order chi connectivity index (χ1) is 11.0. The molecule has 26 heavy (non-hydrogen) atoms. The Hall–Kier alpha value is -0.413. The minimum atomic E-state index is -1.60. The van der Waals surface area contributed by atoms with E-state index in [0.29, 0.717) is 11.1 Å². The number of allylic oxidation sites excluding steroid dienone is 2. The van der Waals surface area contributed by atoms with Gasteiger partial charge in [-0.25, -0.2) is 0 Å². The van der Waals surface area contributed by atoms with E-state index in [1.165, 1.54) is 11.1 Å². The molecule has 0 aliphatic heterocycles. The van der Waals surface area contributed by atoms with Gasteiger partial charge in [0, 0.05) is 36.9 Å². The summed E-state index contributed by atoms with van der Waals surface area (Å²) < 4.78 is 0. The van der Waals surface area contributed by atoms with Crippen molar-refractivity contribution >= 4 is 20.2 Å². The van der Waals surface area contributed by atoms with Crippen molar-refractivity contribution in [1.82, 2.24) is 0 Å². The van der Waals surface area contributed by atoms with E-state index in [9.17, 15) is 0 Å². The zero-order valence-electron chi connectivity index (χ0n) is 15.7. The first-order valence-corrected chi connectivity index (χ1v) is 11.7. The van der Waals surface area contributed by atoms with Crippen molar-refractivity contribution in [2.45, 2.75) is 38.0 Å². The Kier molecular flexibility index (Phi) is 7.93. The second-order valence-electron chi connectivity index (χ2n) is 7.72. The van der Waals surface area contributed by atoms with Gasteiger partial charge < -0.3 is 24.8 Å². The quantitative estimate of drug-likeness (QED) is 0.456. The number of hydrogen-bond acceptors (Lipinski definition) is 0. The molecule has 0 aromatic heterocycles. The summed E-state index contributed by atoms with van der Waals surface area (Å²) in [5, 5.41) is 0. The van der Waals surface area contributed by atoms with Crippen LogP contribution in [-0.4, -0.2) is 8.07 Å². The third-order valence-corrected chi connectivity index (χ3v) is 10.3. The molecule has 0 nitrogen and oxygen atoms in total. The van der Waals surface area contributed by atoms with Gasteiger partial charge in [-0.2, -0.15) is 0 Å². The van der Waals surface area contributed by atoms with Gasteiger partial charge in [0.25, 0.3) is 0 Å². The second kappa shape index (κ2) is 8.73. The molecule has 4 heteroatoms. The van der Waals surface area contributed by atoms with Crippen molar-refractivity contribution in [3.8, 4) is 0 Å². The van der Waals surface area contributed by atoms with Crippen molar-refractivity contribution in [3.63, 3.8) is 0 Å². The molecule has 0 fully saturated rings. The molecule has 4 rings (SSSR count). The molecule has 2 aromatic rings. The Morgan fingerprint density at radius 3 is 1.38 bits per heavy atom. The Morgan fingerprint density at radius 2 is 1.00 bits per heavy atom. The molecule has 2 aliphatic rings. The third kappa shape index (κ3) is 3.63. The summed E-state index contributed by atoms with van der Waals surface area (Å²) >= 11 is 0. The standard InChI is InChI=1S/C22H24Si.2ClH.Hf/c1-15-13-17-9-5-7-11-19(17)21(15)23(3,4)22-16(2)14-18-10-6-8-12-20(18)22;;;/h5-14,21-22H,1-4H3;2*1H;/p-2. The molecule has 136 valence electrons. The molecule has 0 bridgehead atoms. The fourth-order valence-electron chi connectivity index (χ4n) is 5.10. The number of fused-ring (bicyclic) bond motifs is 2.